The summed E-state index contributed by atoms with van der Waals surface area (Å²) < 4.78 is 0. The molecule has 1 fully saturated rings. The average Bonchev–Trinajstić information content (AvgIpc) is 2.61. The van der Waals surface area contributed by atoms with Crippen LogP contribution in [0.15, 0.2) is 18.2 Å². The Kier molecular flexibility index (Phi) is 5.00. The predicted molar refractivity (Wildman–Crippen MR) is 82.3 cm³/mol. The number of benzene rings is 1. The lowest BCUT2D eigenvalue weighted by Gasteiger charge is -2.36. The first-order valence-corrected chi connectivity index (χ1v) is 7.67. The first kappa shape index (κ1) is 14.5. The molecule has 2 heteroatoms. The third kappa shape index (κ3) is 3.18. The van der Waals surface area contributed by atoms with Crippen LogP contribution in [0.1, 0.15) is 55.3 Å². The van der Waals surface area contributed by atoms with Crippen molar-refractivity contribution < 1.29 is 0 Å². The lowest BCUT2D eigenvalue weighted by Crippen LogP contribution is -2.40. The molecule has 0 aliphatic carbocycles. The second-order valence-corrected chi connectivity index (χ2v) is 5.98. The largest absolute Gasteiger partial charge is 0.329 e. The van der Waals surface area contributed by atoms with Gasteiger partial charge in [-0.15, -0.1) is 0 Å². The minimum absolute atomic E-state index is 0.382. The highest BCUT2D eigenvalue weighted by Gasteiger charge is 2.26. The maximum Gasteiger partial charge on any atom is 0.0475 e. The Balaban J connectivity index is 2.30. The monoisotopic (exact) mass is 260 g/mol. The van der Waals surface area contributed by atoms with Crippen molar-refractivity contribution in [1.82, 2.24) is 4.90 Å². The van der Waals surface area contributed by atoms with Gasteiger partial charge in [-0.05, 0) is 56.8 Å². The molecule has 0 amide bonds. The van der Waals surface area contributed by atoms with Gasteiger partial charge in [-0.2, -0.15) is 0 Å². The normalized spacial score (nSPS) is 23.1. The first-order chi connectivity index (χ1) is 9.15. The van der Waals surface area contributed by atoms with E-state index in [2.05, 4.69) is 43.9 Å². The molecule has 106 valence electrons. The Labute approximate surface area is 118 Å². The number of rotatable bonds is 3. The zero-order chi connectivity index (χ0) is 13.8. The van der Waals surface area contributed by atoms with Crippen LogP contribution in [-0.2, 0) is 0 Å². The fraction of sp³-hybridized carbons (Fsp3) is 0.647. The van der Waals surface area contributed by atoms with Gasteiger partial charge in [0.15, 0.2) is 0 Å². The van der Waals surface area contributed by atoms with Crippen LogP contribution < -0.4 is 5.73 Å². The minimum atomic E-state index is 0.382. The topological polar surface area (TPSA) is 29.3 Å². The Morgan fingerprint density at radius 3 is 2.79 bits per heavy atom. The minimum Gasteiger partial charge on any atom is -0.329 e. The van der Waals surface area contributed by atoms with Crippen LogP contribution in [-0.4, -0.2) is 24.0 Å². The van der Waals surface area contributed by atoms with E-state index in [1.165, 1.54) is 48.9 Å². The lowest BCUT2D eigenvalue weighted by molar-refractivity contribution is 0.150. The summed E-state index contributed by atoms with van der Waals surface area (Å²) in [6.45, 7) is 8.69. The highest BCUT2D eigenvalue weighted by Crippen LogP contribution is 2.30. The Hall–Kier alpha value is -0.860. The van der Waals surface area contributed by atoms with Crippen molar-refractivity contribution in [2.75, 3.05) is 13.1 Å². The summed E-state index contributed by atoms with van der Waals surface area (Å²) in [6, 6.07) is 7.66. The number of likely N-dealkylation sites (tertiary alicyclic amines) is 1. The third-order valence-electron chi connectivity index (χ3n) is 4.73. The average molecular weight is 260 g/mol. The molecule has 1 aromatic carbocycles. The van der Waals surface area contributed by atoms with E-state index in [4.69, 9.17) is 5.73 Å². The highest BCUT2D eigenvalue weighted by atomic mass is 15.2. The molecule has 0 radical (unpaired) electrons. The maximum absolute atomic E-state index is 6.13. The fourth-order valence-corrected chi connectivity index (χ4v) is 3.34. The molecule has 2 atom stereocenters. The third-order valence-corrected chi connectivity index (χ3v) is 4.73. The van der Waals surface area contributed by atoms with E-state index >= 15 is 0 Å². The summed E-state index contributed by atoms with van der Waals surface area (Å²) in [6.07, 6.45) is 5.35. The van der Waals surface area contributed by atoms with Crippen molar-refractivity contribution in [3.8, 4) is 0 Å². The van der Waals surface area contributed by atoms with Gasteiger partial charge in [0, 0.05) is 18.6 Å². The Bertz CT molecular complexity index is 414. The first-order valence-electron chi connectivity index (χ1n) is 7.67. The summed E-state index contributed by atoms with van der Waals surface area (Å²) in [5.74, 6) is 0. The van der Waals surface area contributed by atoms with Crippen LogP contribution in [0.2, 0.25) is 0 Å². The van der Waals surface area contributed by atoms with Crippen molar-refractivity contribution in [1.29, 1.82) is 0 Å². The zero-order valence-corrected chi connectivity index (χ0v) is 12.7. The molecule has 2 unspecified atom stereocenters. The SMILES string of the molecule is Cc1cccc(C(CN)N2CCCCCC2C)c1C. The lowest BCUT2D eigenvalue weighted by atomic mass is 9.95. The summed E-state index contributed by atoms with van der Waals surface area (Å²) in [4.78, 5) is 2.63. The molecule has 0 spiro atoms. The molecule has 2 rings (SSSR count). The van der Waals surface area contributed by atoms with Crippen molar-refractivity contribution in [2.45, 2.75) is 58.5 Å². The van der Waals surface area contributed by atoms with Crippen LogP contribution in [0.4, 0.5) is 0 Å². The number of aryl methyl sites for hydroxylation is 1. The van der Waals surface area contributed by atoms with Gasteiger partial charge < -0.3 is 5.73 Å². The van der Waals surface area contributed by atoms with E-state index in [0.29, 0.717) is 18.6 Å². The van der Waals surface area contributed by atoms with Crippen molar-refractivity contribution in [3.05, 3.63) is 34.9 Å². The summed E-state index contributed by atoms with van der Waals surface area (Å²) in [5.41, 5.74) is 10.3. The fourth-order valence-electron chi connectivity index (χ4n) is 3.34. The molecular weight excluding hydrogens is 232 g/mol. The van der Waals surface area contributed by atoms with Crippen molar-refractivity contribution in [2.24, 2.45) is 5.73 Å². The van der Waals surface area contributed by atoms with Gasteiger partial charge in [-0.1, -0.05) is 31.0 Å². The zero-order valence-electron chi connectivity index (χ0n) is 12.7. The summed E-state index contributed by atoms with van der Waals surface area (Å²) >= 11 is 0. The van der Waals surface area contributed by atoms with Gasteiger partial charge in [0.25, 0.3) is 0 Å². The molecule has 1 saturated heterocycles. The molecule has 2 nitrogen and oxygen atoms in total. The predicted octanol–water partition coefficient (Wildman–Crippen LogP) is 3.57. The molecule has 1 aliphatic rings. The number of hydrogen-bond acceptors (Lipinski definition) is 2. The number of nitrogens with two attached hydrogens (primary N) is 1. The maximum atomic E-state index is 6.13. The molecular formula is C17H28N2. The molecule has 0 aromatic heterocycles. The quantitative estimate of drug-likeness (QED) is 0.900. The number of hydrogen-bond donors (Lipinski definition) is 1. The van der Waals surface area contributed by atoms with Crippen LogP contribution in [0.25, 0.3) is 0 Å². The smallest absolute Gasteiger partial charge is 0.0475 e. The molecule has 0 bridgehead atoms. The van der Waals surface area contributed by atoms with E-state index in [-0.39, 0.29) is 0 Å². The molecule has 0 saturated carbocycles. The molecule has 2 N–H and O–H groups in total. The molecule has 1 aliphatic heterocycles. The summed E-state index contributed by atoms with van der Waals surface area (Å²) in [5, 5.41) is 0. The highest BCUT2D eigenvalue weighted by molar-refractivity contribution is 5.35. The van der Waals surface area contributed by atoms with Gasteiger partial charge in [-0.25, -0.2) is 0 Å². The summed E-state index contributed by atoms with van der Waals surface area (Å²) in [7, 11) is 0. The van der Waals surface area contributed by atoms with E-state index in [0.717, 1.165) is 0 Å². The number of nitrogens with zero attached hydrogens (tertiary/aromatic N) is 1. The second kappa shape index (κ2) is 6.53. The Morgan fingerprint density at radius 2 is 2.05 bits per heavy atom. The van der Waals surface area contributed by atoms with Crippen LogP contribution >= 0.6 is 0 Å². The van der Waals surface area contributed by atoms with Crippen LogP contribution in [0.3, 0.4) is 0 Å². The van der Waals surface area contributed by atoms with E-state index in [9.17, 15) is 0 Å². The second-order valence-electron chi connectivity index (χ2n) is 5.98. The van der Waals surface area contributed by atoms with Crippen LogP contribution in [0, 0.1) is 13.8 Å². The van der Waals surface area contributed by atoms with Gasteiger partial charge >= 0.3 is 0 Å². The molecule has 1 heterocycles. The van der Waals surface area contributed by atoms with Gasteiger partial charge in [-0.3, -0.25) is 4.90 Å². The van der Waals surface area contributed by atoms with E-state index in [1.807, 2.05) is 0 Å². The Morgan fingerprint density at radius 1 is 1.26 bits per heavy atom. The van der Waals surface area contributed by atoms with E-state index in [1.54, 1.807) is 0 Å². The molecule has 1 aromatic rings. The van der Waals surface area contributed by atoms with Crippen LogP contribution in [0.5, 0.6) is 0 Å². The van der Waals surface area contributed by atoms with Gasteiger partial charge in [0.2, 0.25) is 0 Å². The van der Waals surface area contributed by atoms with Gasteiger partial charge in [0.05, 0.1) is 0 Å². The van der Waals surface area contributed by atoms with Crippen molar-refractivity contribution in [3.63, 3.8) is 0 Å². The molecule has 19 heavy (non-hydrogen) atoms. The van der Waals surface area contributed by atoms with Gasteiger partial charge in [0.1, 0.15) is 0 Å². The van der Waals surface area contributed by atoms with Crippen molar-refractivity contribution >= 4 is 0 Å². The van der Waals surface area contributed by atoms with E-state index < -0.39 is 0 Å². The standard InChI is InChI=1S/C17H28N2/c1-13-8-7-10-16(15(13)3)17(12-18)19-11-6-4-5-9-14(19)2/h7-8,10,14,17H,4-6,9,11-12,18H2,1-3H3.